The van der Waals surface area contributed by atoms with Crippen LogP contribution in [0.5, 0.6) is 5.75 Å². The van der Waals surface area contributed by atoms with Gasteiger partial charge >= 0.3 is 5.97 Å². The number of hydrogen-bond donors (Lipinski definition) is 2. The highest BCUT2D eigenvalue weighted by atomic mass is 79.9. The van der Waals surface area contributed by atoms with E-state index in [0.29, 0.717) is 10.2 Å². The van der Waals surface area contributed by atoms with Gasteiger partial charge in [-0.1, -0.05) is 12.1 Å². The number of ether oxygens (including phenoxy) is 1. The van der Waals surface area contributed by atoms with Crippen LogP contribution in [0.4, 0.5) is 5.69 Å². The maximum atomic E-state index is 12.2. The molecule has 0 saturated heterocycles. The summed E-state index contributed by atoms with van der Waals surface area (Å²) >= 11 is 3.14. The molecule has 2 rings (SSSR count). The predicted octanol–water partition coefficient (Wildman–Crippen LogP) is 3.19. The zero-order valence-electron chi connectivity index (χ0n) is 11.1. The van der Waals surface area contributed by atoms with Crippen molar-refractivity contribution in [3.8, 4) is 5.75 Å². The predicted molar refractivity (Wildman–Crippen MR) is 81.5 cm³/mol. The van der Waals surface area contributed by atoms with Gasteiger partial charge in [-0.2, -0.15) is 0 Å². The molecule has 0 spiro atoms. The highest BCUT2D eigenvalue weighted by Crippen LogP contribution is 2.25. The molecule has 0 radical (unpaired) electrons. The molecule has 2 N–H and O–H groups in total. The minimum atomic E-state index is -0.537. The van der Waals surface area contributed by atoms with E-state index < -0.39 is 11.9 Å². The molecule has 2 aromatic carbocycles. The second-order valence-corrected chi connectivity index (χ2v) is 5.01. The third-order valence-corrected chi connectivity index (χ3v) is 3.46. The number of aromatic hydroxyl groups is 1. The lowest BCUT2D eigenvalue weighted by Gasteiger charge is -2.10. The molecule has 1 amide bonds. The molecule has 2 aromatic rings. The van der Waals surface area contributed by atoms with Crippen LogP contribution >= 0.6 is 15.9 Å². The van der Waals surface area contributed by atoms with Crippen LogP contribution in [0.3, 0.4) is 0 Å². The van der Waals surface area contributed by atoms with Gasteiger partial charge in [0.2, 0.25) is 0 Å². The van der Waals surface area contributed by atoms with Gasteiger partial charge in [0.15, 0.2) is 0 Å². The van der Waals surface area contributed by atoms with Crippen LogP contribution < -0.4 is 5.32 Å². The summed E-state index contributed by atoms with van der Waals surface area (Å²) in [5.41, 5.74) is 0.877. The van der Waals surface area contributed by atoms with Crippen molar-refractivity contribution in [3.63, 3.8) is 0 Å². The number of rotatable bonds is 3. The van der Waals surface area contributed by atoms with Gasteiger partial charge in [-0.25, -0.2) is 4.79 Å². The first kappa shape index (κ1) is 15.1. The molecule has 0 fully saturated rings. The van der Waals surface area contributed by atoms with Crippen LogP contribution in [-0.2, 0) is 4.74 Å². The van der Waals surface area contributed by atoms with Crippen LogP contribution in [0.1, 0.15) is 20.7 Å². The van der Waals surface area contributed by atoms with Crippen LogP contribution in [0.15, 0.2) is 46.9 Å². The van der Waals surface area contributed by atoms with E-state index in [-0.39, 0.29) is 16.9 Å². The minimum absolute atomic E-state index is 0.0381. The molecule has 0 aliphatic rings. The highest BCUT2D eigenvalue weighted by Gasteiger charge is 2.14. The summed E-state index contributed by atoms with van der Waals surface area (Å²) < 4.78 is 5.16. The van der Waals surface area contributed by atoms with Crippen molar-refractivity contribution >= 4 is 33.5 Å². The Hall–Kier alpha value is -2.34. The van der Waals surface area contributed by atoms with Gasteiger partial charge in [0.05, 0.1) is 22.8 Å². The van der Waals surface area contributed by atoms with E-state index in [0.717, 1.165) is 0 Å². The second-order valence-electron chi connectivity index (χ2n) is 4.16. The number of carbonyl (C=O) groups excluding carboxylic acids is 2. The summed E-state index contributed by atoms with van der Waals surface area (Å²) in [6.07, 6.45) is 0. The largest absolute Gasteiger partial charge is 0.507 e. The molecular weight excluding hydrogens is 338 g/mol. The molecule has 0 heterocycles. The van der Waals surface area contributed by atoms with Crippen molar-refractivity contribution in [1.29, 1.82) is 0 Å². The molecule has 0 atom stereocenters. The molecule has 6 heteroatoms. The van der Waals surface area contributed by atoms with Gasteiger partial charge < -0.3 is 15.2 Å². The summed E-state index contributed by atoms with van der Waals surface area (Å²) in [7, 11) is 1.27. The quantitative estimate of drug-likeness (QED) is 0.834. The van der Waals surface area contributed by atoms with Crippen LogP contribution in [-0.4, -0.2) is 24.1 Å². The van der Waals surface area contributed by atoms with Crippen molar-refractivity contribution in [2.75, 3.05) is 12.4 Å². The monoisotopic (exact) mass is 349 g/mol. The Morgan fingerprint density at radius 3 is 2.57 bits per heavy atom. The van der Waals surface area contributed by atoms with Gasteiger partial charge in [0.25, 0.3) is 5.91 Å². The molecule has 0 bridgehead atoms. The first-order chi connectivity index (χ1) is 10.0. The molecule has 108 valence electrons. The summed E-state index contributed by atoms with van der Waals surface area (Å²) in [4.78, 5) is 23.8. The van der Waals surface area contributed by atoms with Crippen molar-refractivity contribution in [1.82, 2.24) is 0 Å². The van der Waals surface area contributed by atoms with Gasteiger partial charge in [0.1, 0.15) is 5.75 Å². The molecule has 0 saturated carbocycles. The number of amides is 1. The van der Waals surface area contributed by atoms with Crippen LogP contribution in [0.2, 0.25) is 0 Å². The lowest BCUT2D eigenvalue weighted by atomic mass is 10.1. The Morgan fingerprint density at radius 2 is 1.90 bits per heavy atom. The fourth-order valence-electron chi connectivity index (χ4n) is 1.73. The standard InChI is InChI=1S/C15H12BrNO4/c1-21-15(20)10-4-2-3-5-12(10)17-14(19)9-6-7-11(16)13(18)8-9/h2-8,18H,1H3,(H,17,19). The zero-order valence-corrected chi connectivity index (χ0v) is 12.7. The van der Waals surface area contributed by atoms with Crippen molar-refractivity contribution in [3.05, 3.63) is 58.1 Å². The Labute approximate surface area is 129 Å². The van der Waals surface area contributed by atoms with Crippen molar-refractivity contribution < 1.29 is 19.4 Å². The van der Waals surface area contributed by atoms with Gasteiger partial charge in [-0.15, -0.1) is 0 Å². The van der Waals surface area contributed by atoms with E-state index in [4.69, 9.17) is 0 Å². The number of phenolic OH excluding ortho intramolecular Hbond substituents is 1. The lowest BCUT2D eigenvalue weighted by Crippen LogP contribution is -2.15. The normalized spacial score (nSPS) is 10.0. The minimum Gasteiger partial charge on any atom is -0.507 e. The number of para-hydroxylation sites is 1. The second kappa shape index (κ2) is 6.41. The maximum Gasteiger partial charge on any atom is 0.339 e. The molecule has 0 aliphatic heterocycles. The number of benzene rings is 2. The van der Waals surface area contributed by atoms with Crippen LogP contribution in [0.25, 0.3) is 0 Å². The molecule has 0 aromatic heterocycles. The van der Waals surface area contributed by atoms with E-state index in [1.807, 2.05) is 0 Å². The highest BCUT2D eigenvalue weighted by molar-refractivity contribution is 9.10. The Balaban J connectivity index is 2.27. The summed E-state index contributed by atoms with van der Waals surface area (Å²) in [6, 6.07) is 11.0. The number of phenols is 1. The van der Waals surface area contributed by atoms with Gasteiger partial charge in [-0.3, -0.25) is 4.79 Å². The van der Waals surface area contributed by atoms with E-state index in [9.17, 15) is 14.7 Å². The first-order valence-electron chi connectivity index (χ1n) is 6.00. The molecule has 0 unspecified atom stereocenters. The Bertz CT molecular complexity index is 700. The van der Waals surface area contributed by atoms with E-state index >= 15 is 0 Å². The summed E-state index contributed by atoms with van der Waals surface area (Å²) in [5.74, 6) is -1.01. The van der Waals surface area contributed by atoms with Crippen LogP contribution in [0, 0.1) is 0 Å². The number of halogens is 1. The van der Waals surface area contributed by atoms with E-state index in [1.165, 1.54) is 13.2 Å². The number of methoxy groups -OCH3 is 1. The molecule has 5 nitrogen and oxygen atoms in total. The average Bonchev–Trinajstić information content (AvgIpc) is 2.49. The summed E-state index contributed by atoms with van der Waals surface area (Å²) in [5, 5.41) is 12.2. The number of carbonyl (C=O) groups is 2. The van der Waals surface area contributed by atoms with E-state index in [1.54, 1.807) is 36.4 Å². The zero-order chi connectivity index (χ0) is 15.4. The van der Waals surface area contributed by atoms with Gasteiger partial charge in [-0.05, 0) is 46.3 Å². The van der Waals surface area contributed by atoms with Crippen molar-refractivity contribution in [2.45, 2.75) is 0 Å². The topological polar surface area (TPSA) is 75.6 Å². The fourth-order valence-corrected chi connectivity index (χ4v) is 1.98. The number of esters is 1. The third-order valence-electron chi connectivity index (χ3n) is 2.79. The lowest BCUT2D eigenvalue weighted by molar-refractivity contribution is 0.0602. The first-order valence-corrected chi connectivity index (χ1v) is 6.79. The van der Waals surface area contributed by atoms with E-state index in [2.05, 4.69) is 26.0 Å². The number of hydrogen-bond acceptors (Lipinski definition) is 4. The Morgan fingerprint density at radius 1 is 1.19 bits per heavy atom. The Kier molecular flexibility index (Phi) is 4.59. The number of anilines is 1. The third kappa shape index (κ3) is 3.41. The fraction of sp³-hybridized carbons (Fsp3) is 0.0667. The maximum absolute atomic E-state index is 12.2. The smallest absolute Gasteiger partial charge is 0.339 e. The van der Waals surface area contributed by atoms with Crippen molar-refractivity contribution in [2.24, 2.45) is 0 Å². The molecular formula is C15H12BrNO4. The van der Waals surface area contributed by atoms with Gasteiger partial charge in [0, 0.05) is 5.56 Å². The molecule has 21 heavy (non-hydrogen) atoms. The average molecular weight is 350 g/mol. The summed E-state index contributed by atoms with van der Waals surface area (Å²) in [6.45, 7) is 0. The SMILES string of the molecule is COC(=O)c1ccccc1NC(=O)c1ccc(Br)c(O)c1. The number of nitrogens with one attached hydrogen (secondary N) is 1. The molecule has 0 aliphatic carbocycles.